The summed E-state index contributed by atoms with van der Waals surface area (Å²) in [7, 11) is 0. The van der Waals surface area contributed by atoms with Gasteiger partial charge in [0.25, 0.3) is 0 Å². The predicted molar refractivity (Wildman–Crippen MR) is 51.7 cm³/mol. The summed E-state index contributed by atoms with van der Waals surface area (Å²) in [5.41, 5.74) is 0.746. The molecule has 1 atom stereocenters. The van der Waals surface area contributed by atoms with E-state index in [1.807, 2.05) is 18.2 Å². The van der Waals surface area contributed by atoms with Crippen molar-refractivity contribution in [2.75, 3.05) is 0 Å². The van der Waals surface area contributed by atoms with E-state index < -0.39 is 12.0 Å². The van der Waals surface area contributed by atoms with Gasteiger partial charge in [-0.3, -0.25) is 4.79 Å². The van der Waals surface area contributed by atoms with Crippen molar-refractivity contribution in [1.29, 1.82) is 0 Å². The Bertz CT molecular complexity index is 304. The SMILES string of the molecule is CC(=O)N[C@@H](C(=O)O)C1=CCC=CC1. The average Bonchev–Trinajstić information content (AvgIpc) is 2.15. The zero-order chi connectivity index (χ0) is 10.6. The van der Waals surface area contributed by atoms with Gasteiger partial charge in [-0.05, 0) is 18.4 Å². The molecule has 0 spiro atoms. The monoisotopic (exact) mass is 195 g/mol. The molecule has 0 bridgehead atoms. The molecule has 0 fully saturated rings. The number of carbonyl (C=O) groups excluding carboxylic acids is 1. The highest BCUT2D eigenvalue weighted by Crippen LogP contribution is 2.15. The summed E-state index contributed by atoms with van der Waals surface area (Å²) in [6.45, 7) is 1.31. The van der Waals surface area contributed by atoms with Crippen LogP contribution in [0.5, 0.6) is 0 Å². The Balaban J connectivity index is 2.72. The number of hydrogen-bond acceptors (Lipinski definition) is 2. The van der Waals surface area contributed by atoms with E-state index in [1.54, 1.807) is 0 Å². The van der Waals surface area contributed by atoms with Crippen molar-refractivity contribution < 1.29 is 14.7 Å². The van der Waals surface area contributed by atoms with Crippen LogP contribution in [0.2, 0.25) is 0 Å². The van der Waals surface area contributed by atoms with Gasteiger partial charge in [0.15, 0.2) is 0 Å². The van der Waals surface area contributed by atoms with Crippen LogP contribution in [0.4, 0.5) is 0 Å². The molecule has 4 heteroatoms. The highest BCUT2D eigenvalue weighted by molar-refractivity contribution is 5.84. The Morgan fingerprint density at radius 3 is 2.64 bits per heavy atom. The standard InChI is InChI=1S/C10H13NO3/c1-7(12)11-9(10(13)14)8-5-3-2-4-6-8/h2-3,6,9H,4-5H2,1H3,(H,11,12)(H,13,14)/t9-/m1/s1. The van der Waals surface area contributed by atoms with Crippen LogP contribution < -0.4 is 5.32 Å². The van der Waals surface area contributed by atoms with Gasteiger partial charge in [-0.25, -0.2) is 4.79 Å². The molecule has 0 aromatic rings. The normalized spacial score (nSPS) is 17.1. The van der Waals surface area contributed by atoms with Gasteiger partial charge >= 0.3 is 5.97 Å². The summed E-state index contributed by atoms with van der Waals surface area (Å²) in [6, 6.07) is -0.877. The molecule has 1 aliphatic rings. The van der Waals surface area contributed by atoms with E-state index in [1.165, 1.54) is 6.92 Å². The first-order chi connectivity index (χ1) is 6.61. The van der Waals surface area contributed by atoms with E-state index in [-0.39, 0.29) is 5.91 Å². The maximum Gasteiger partial charge on any atom is 0.330 e. The third kappa shape index (κ3) is 2.73. The Morgan fingerprint density at radius 2 is 2.21 bits per heavy atom. The van der Waals surface area contributed by atoms with E-state index in [0.29, 0.717) is 6.42 Å². The first-order valence-electron chi connectivity index (χ1n) is 4.45. The molecule has 0 heterocycles. The molecule has 0 unspecified atom stereocenters. The van der Waals surface area contributed by atoms with Crippen LogP contribution in [0.25, 0.3) is 0 Å². The number of amides is 1. The minimum Gasteiger partial charge on any atom is -0.479 e. The summed E-state index contributed by atoms with van der Waals surface area (Å²) in [5, 5.41) is 11.3. The van der Waals surface area contributed by atoms with Gasteiger partial charge in [0.2, 0.25) is 5.91 Å². The lowest BCUT2D eigenvalue weighted by Crippen LogP contribution is -2.41. The van der Waals surface area contributed by atoms with Crippen LogP contribution in [-0.4, -0.2) is 23.0 Å². The summed E-state index contributed by atoms with van der Waals surface area (Å²) >= 11 is 0. The first kappa shape index (κ1) is 10.5. The van der Waals surface area contributed by atoms with Crippen molar-refractivity contribution in [3.05, 3.63) is 23.8 Å². The molecular formula is C10H13NO3. The second-order valence-corrected chi connectivity index (χ2v) is 3.16. The fourth-order valence-corrected chi connectivity index (χ4v) is 1.37. The quantitative estimate of drug-likeness (QED) is 0.656. The Morgan fingerprint density at radius 1 is 1.50 bits per heavy atom. The highest BCUT2D eigenvalue weighted by Gasteiger charge is 2.22. The lowest BCUT2D eigenvalue weighted by atomic mass is 9.98. The van der Waals surface area contributed by atoms with Crippen LogP contribution in [0.3, 0.4) is 0 Å². The van der Waals surface area contributed by atoms with Crippen molar-refractivity contribution in [3.63, 3.8) is 0 Å². The second kappa shape index (κ2) is 4.60. The largest absolute Gasteiger partial charge is 0.479 e. The van der Waals surface area contributed by atoms with Crippen molar-refractivity contribution in [2.45, 2.75) is 25.8 Å². The summed E-state index contributed by atoms with van der Waals surface area (Å²) in [5.74, 6) is -1.34. The highest BCUT2D eigenvalue weighted by atomic mass is 16.4. The zero-order valence-electron chi connectivity index (χ0n) is 7.99. The fourth-order valence-electron chi connectivity index (χ4n) is 1.37. The van der Waals surface area contributed by atoms with E-state index in [9.17, 15) is 9.59 Å². The van der Waals surface area contributed by atoms with Gasteiger partial charge in [0, 0.05) is 6.92 Å². The molecule has 0 saturated carbocycles. The number of allylic oxidation sites excluding steroid dienone is 3. The molecular weight excluding hydrogens is 182 g/mol. The Kier molecular flexibility index (Phi) is 3.45. The molecule has 1 rings (SSSR count). The minimum atomic E-state index is -1.01. The molecule has 1 amide bonds. The molecule has 14 heavy (non-hydrogen) atoms. The lowest BCUT2D eigenvalue weighted by molar-refractivity contribution is -0.140. The van der Waals surface area contributed by atoms with Crippen LogP contribution in [-0.2, 0) is 9.59 Å². The third-order valence-electron chi connectivity index (χ3n) is 2.00. The smallest absolute Gasteiger partial charge is 0.330 e. The molecule has 0 aromatic heterocycles. The van der Waals surface area contributed by atoms with Gasteiger partial charge in [-0.2, -0.15) is 0 Å². The lowest BCUT2D eigenvalue weighted by Gasteiger charge is -2.17. The third-order valence-corrected chi connectivity index (χ3v) is 2.00. The molecule has 76 valence electrons. The zero-order valence-corrected chi connectivity index (χ0v) is 7.99. The first-order valence-corrected chi connectivity index (χ1v) is 4.45. The summed E-state index contributed by atoms with van der Waals surface area (Å²) in [6.07, 6.45) is 7.05. The predicted octanol–water partition coefficient (Wildman–Crippen LogP) is 0.852. The maximum absolute atomic E-state index is 10.9. The molecule has 2 N–H and O–H groups in total. The molecule has 0 aliphatic heterocycles. The summed E-state index contributed by atoms with van der Waals surface area (Å²) in [4.78, 5) is 21.6. The van der Waals surface area contributed by atoms with Gasteiger partial charge in [0.05, 0.1) is 0 Å². The molecule has 0 radical (unpaired) electrons. The van der Waals surface area contributed by atoms with Gasteiger partial charge in [-0.15, -0.1) is 0 Å². The second-order valence-electron chi connectivity index (χ2n) is 3.16. The van der Waals surface area contributed by atoms with Crippen molar-refractivity contribution >= 4 is 11.9 Å². The van der Waals surface area contributed by atoms with Crippen molar-refractivity contribution in [1.82, 2.24) is 5.32 Å². The Labute approximate surface area is 82.3 Å². The van der Waals surface area contributed by atoms with Crippen LogP contribution >= 0.6 is 0 Å². The topological polar surface area (TPSA) is 66.4 Å². The molecule has 4 nitrogen and oxygen atoms in total. The van der Waals surface area contributed by atoms with E-state index in [0.717, 1.165) is 12.0 Å². The van der Waals surface area contributed by atoms with E-state index in [2.05, 4.69) is 5.32 Å². The maximum atomic E-state index is 10.9. The number of nitrogens with one attached hydrogen (secondary N) is 1. The van der Waals surface area contributed by atoms with Crippen LogP contribution in [0.1, 0.15) is 19.8 Å². The number of carboxylic acids is 1. The van der Waals surface area contributed by atoms with Gasteiger partial charge < -0.3 is 10.4 Å². The van der Waals surface area contributed by atoms with E-state index in [4.69, 9.17) is 5.11 Å². The van der Waals surface area contributed by atoms with Crippen molar-refractivity contribution in [3.8, 4) is 0 Å². The number of aliphatic carboxylic acids is 1. The van der Waals surface area contributed by atoms with Gasteiger partial charge in [-0.1, -0.05) is 18.2 Å². The summed E-state index contributed by atoms with van der Waals surface area (Å²) < 4.78 is 0. The van der Waals surface area contributed by atoms with Crippen LogP contribution in [0, 0.1) is 0 Å². The number of carbonyl (C=O) groups is 2. The molecule has 0 saturated heterocycles. The number of rotatable bonds is 3. The average molecular weight is 195 g/mol. The number of hydrogen-bond donors (Lipinski definition) is 2. The number of carboxylic acid groups (broad SMARTS) is 1. The van der Waals surface area contributed by atoms with E-state index >= 15 is 0 Å². The fraction of sp³-hybridized carbons (Fsp3) is 0.400. The minimum absolute atomic E-state index is 0.326. The van der Waals surface area contributed by atoms with Crippen LogP contribution in [0.15, 0.2) is 23.8 Å². The van der Waals surface area contributed by atoms with Crippen molar-refractivity contribution in [2.24, 2.45) is 0 Å². The molecule has 0 aromatic carbocycles. The molecule has 1 aliphatic carbocycles. The van der Waals surface area contributed by atoms with Gasteiger partial charge in [0.1, 0.15) is 6.04 Å². The Hall–Kier alpha value is -1.58.